The molecule has 1 aliphatic carbocycles. The van der Waals surface area contributed by atoms with Gasteiger partial charge in [0.05, 0.1) is 41.5 Å². The Morgan fingerprint density at radius 3 is 2.79 bits per heavy atom. The quantitative estimate of drug-likeness (QED) is 0.364. The summed E-state index contributed by atoms with van der Waals surface area (Å²) < 4.78 is 1.61. The second-order valence-electron chi connectivity index (χ2n) is 7.57. The second-order valence-corrected chi connectivity index (χ2v) is 7.57. The number of imidazole rings is 3. The number of aromatic nitrogens is 6. The molecule has 0 bridgehead atoms. The highest BCUT2D eigenvalue weighted by atomic mass is 16.3. The van der Waals surface area contributed by atoms with E-state index in [1.807, 2.05) is 25.1 Å². The first-order valence-electron chi connectivity index (χ1n) is 9.85. The number of nitrogens with zero attached hydrogens (tertiary/aromatic N) is 3. The van der Waals surface area contributed by atoms with Crippen molar-refractivity contribution in [3.8, 4) is 17.1 Å². The molecule has 0 amide bonds. The number of aromatic amines is 3. The number of aliphatic hydroxyl groups is 1. The molecule has 1 aliphatic rings. The molecule has 150 valence electrons. The third-order valence-electron chi connectivity index (χ3n) is 5.67. The maximum absolute atomic E-state index is 13.0. The molecule has 5 N–H and O–H groups in total. The molecule has 9 nitrogen and oxygen atoms in total. The maximum Gasteiger partial charge on any atom is 0.332 e. The Hall–Kier alpha value is -3.33. The highest BCUT2D eigenvalue weighted by Crippen LogP contribution is 2.31. The van der Waals surface area contributed by atoms with Crippen LogP contribution in [0.15, 0.2) is 35.6 Å². The van der Waals surface area contributed by atoms with Gasteiger partial charge in [-0.1, -0.05) is 12.8 Å². The zero-order chi connectivity index (χ0) is 20.0. The van der Waals surface area contributed by atoms with Gasteiger partial charge in [-0.25, -0.2) is 14.8 Å². The Morgan fingerprint density at radius 1 is 1.17 bits per heavy atom. The van der Waals surface area contributed by atoms with Crippen LogP contribution in [0.25, 0.3) is 28.1 Å². The van der Waals surface area contributed by atoms with E-state index in [4.69, 9.17) is 0 Å². The lowest BCUT2D eigenvalue weighted by atomic mass is 9.92. The average molecular weight is 393 g/mol. The van der Waals surface area contributed by atoms with Crippen molar-refractivity contribution in [3.63, 3.8) is 0 Å². The van der Waals surface area contributed by atoms with Crippen LogP contribution in [0, 0.1) is 6.92 Å². The van der Waals surface area contributed by atoms with E-state index in [-0.39, 0.29) is 11.7 Å². The molecule has 5 rings (SSSR count). The van der Waals surface area contributed by atoms with Gasteiger partial charge in [0, 0.05) is 5.69 Å². The van der Waals surface area contributed by atoms with Gasteiger partial charge in [-0.15, -0.1) is 0 Å². The molecule has 1 fully saturated rings. The van der Waals surface area contributed by atoms with E-state index in [9.17, 15) is 9.90 Å². The lowest BCUT2D eigenvalue weighted by Gasteiger charge is -2.29. The minimum atomic E-state index is -0.440. The number of nitrogens with one attached hydrogen (secondary N) is 4. The second kappa shape index (κ2) is 6.93. The molecular formula is C20H23N7O2. The fourth-order valence-electron chi connectivity index (χ4n) is 4.14. The van der Waals surface area contributed by atoms with Crippen LogP contribution < -0.4 is 11.0 Å². The molecule has 2 unspecified atom stereocenters. The van der Waals surface area contributed by atoms with Crippen LogP contribution in [0.5, 0.6) is 0 Å². The summed E-state index contributed by atoms with van der Waals surface area (Å²) in [6.45, 7) is 1.92. The molecule has 3 heterocycles. The first-order valence-corrected chi connectivity index (χ1v) is 9.85. The van der Waals surface area contributed by atoms with Gasteiger partial charge in [-0.2, -0.15) is 0 Å². The molecule has 0 spiro atoms. The van der Waals surface area contributed by atoms with Crippen molar-refractivity contribution in [2.45, 2.75) is 44.8 Å². The summed E-state index contributed by atoms with van der Waals surface area (Å²) in [5.74, 6) is 0.570. The normalized spacial score (nSPS) is 19.7. The minimum absolute atomic E-state index is 0.108. The lowest BCUT2D eigenvalue weighted by molar-refractivity contribution is 0.116. The fourth-order valence-corrected chi connectivity index (χ4v) is 4.14. The van der Waals surface area contributed by atoms with Gasteiger partial charge in [-0.05, 0) is 38.0 Å². The average Bonchev–Trinajstić information content (AvgIpc) is 3.41. The van der Waals surface area contributed by atoms with E-state index >= 15 is 0 Å². The van der Waals surface area contributed by atoms with Crippen molar-refractivity contribution in [1.82, 2.24) is 29.5 Å². The molecule has 0 radical (unpaired) electrons. The van der Waals surface area contributed by atoms with E-state index < -0.39 is 6.10 Å². The highest BCUT2D eigenvalue weighted by molar-refractivity contribution is 5.79. The summed E-state index contributed by atoms with van der Waals surface area (Å²) in [6, 6.07) is 5.52. The van der Waals surface area contributed by atoms with E-state index in [0.29, 0.717) is 22.9 Å². The number of rotatable bonds is 4. The zero-order valence-corrected chi connectivity index (χ0v) is 16.1. The Morgan fingerprint density at radius 2 is 2.00 bits per heavy atom. The molecule has 9 heteroatoms. The van der Waals surface area contributed by atoms with Crippen LogP contribution in [0.1, 0.15) is 31.4 Å². The summed E-state index contributed by atoms with van der Waals surface area (Å²) in [6.07, 6.45) is 6.49. The van der Waals surface area contributed by atoms with Crippen molar-refractivity contribution in [1.29, 1.82) is 0 Å². The van der Waals surface area contributed by atoms with E-state index in [1.165, 1.54) is 0 Å². The molecular weight excluding hydrogens is 370 g/mol. The van der Waals surface area contributed by atoms with Gasteiger partial charge in [-0.3, -0.25) is 9.55 Å². The van der Waals surface area contributed by atoms with Crippen LogP contribution >= 0.6 is 0 Å². The third kappa shape index (κ3) is 3.03. The van der Waals surface area contributed by atoms with Crippen LogP contribution in [-0.4, -0.2) is 46.7 Å². The molecule has 1 aromatic carbocycles. The zero-order valence-electron chi connectivity index (χ0n) is 16.1. The standard InChI is InChI=1S/C20H23N7O2/c1-11-17(24-9-21-11)18-19(25-14-4-2-3-5-16(14)28)26-20(29)27(18)12-6-7-13-15(8-12)23-10-22-13/h6-10,14,16,25,28H,2-5H2,1H3,(H,21,24)(H,22,23)(H,26,29). The van der Waals surface area contributed by atoms with Gasteiger partial charge in [0.25, 0.3) is 0 Å². The monoisotopic (exact) mass is 393 g/mol. The summed E-state index contributed by atoms with van der Waals surface area (Å²) in [5.41, 5.74) is 4.29. The first kappa shape index (κ1) is 17.7. The van der Waals surface area contributed by atoms with Crippen molar-refractivity contribution in [3.05, 3.63) is 47.0 Å². The van der Waals surface area contributed by atoms with Gasteiger partial charge < -0.3 is 20.4 Å². The van der Waals surface area contributed by atoms with E-state index in [1.54, 1.807) is 17.2 Å². The summed E-state index contributed by atoms with van der Waals surface area (Å²) in [7, 11) is 0. The van der Waals surface area contributed by atoms with E-state index in [2.05, 4.69) is 30.2 Å². The molecule has 2 atom stereocenters. The Kier molecular flexibility index (Phi) is 4.24. The van der Waals surface area contributed by atoms with Crippen LogP contribution in [0.3, 0.4) is 0 Å². The van der Waals surface area contributed by atoms with Crippen LogP contribution in [0.4, 0.5) is 5.82 Å². The number of hydrogen-bond acceptors (Lipinski definition) is 5. The molecule has 4 aromatic rings. The Labute approximate surface area is 166 Å². The van der Waals surface area contributed by atoms with Crippen LogP contribution in [-0.2, 0) is 0 Å². The maximum atomic E-state index is 13.0. The van der Waals surface area contributed by atoms with Gasteiger partial charge in [0.1, 0.15) is 17.2 Å². The Bertz CT molecular complexity index is 1220. The molecule has 0 saturated heterocycles. The van der Waals surface area contributed by atoms with Crippen molar-refractivity contribution < 1.29 is 5.11 Å². The number of anilines is 1. The van der Waals surface area contributed by atoms with Gasteiger partial charge >= 0.3 is 5.69 Å². The van der Waals surface area contributed by atoms with Crippen LogP contribution in [0.2, 0.25) is 0 Å². The first-order chi connectivity index (χ1) is 14.1. The predicted molar refractivity (Wildman–Crippen MR) is 110 cm³/mol. The number of benzene rings is 1. The summed E-state index contributed by atoms with van der Waals surface area (Å²) in [4.78, 5) is 30.8. The summed E-state index contributed by atoms with van der Waals surface area (Å²) >= 11 is 0. The number of aryl methyl sites for hydroxylation is 1. The van der Waals surface area contributed by atoms with Gasteiger partial charge in [0.15, 0.2) is 0 Å². The SMILES string of the molecule is Cc1[nH]cnc1-c1c(NC2CCCCC2O)[nH]c(=O)n1-c1ccc2nc[nH]c2c1. The topological polar surface area (TPSA) is 127 Å². The molecule has 1 saturated carbocycles. The lowest BCUT2D eigenvalue weighted by Crippen LogP contribution is -2.36. The van der Waals surface area contributed by atoms with Gasteiger partial charge in [0.2, 0.25) is 0 Å². The number of H-pyrrole nitrogens is 3. The smallest absolute Gasteiger partial charge is 0.332 e. The largest absolute Gasteiger partial charge is 0.391 e. The Balaban J connectivity index is 1.67. The highest BCUT2D eigenvalue weighted by Gasteiger charge is 2.27. The number of fused-ring (bicyclic) bond motifs is 1. The molecule has 29 heavy (non-hydrogen) atoms. The van der Waals surface area contributed by atoms with E-state index in [0.717, 1.165) is 42.4 Å². The van der Waals surface area contributed by atoms with Crippen molar-refractivity contribution >= 4 is 16.9 Å². The van der Waals surface area contributed by atoms with Crippen molar-refractivity contribution in [2.75, 3.05) is 5.32 Å². The fraction of sp³-hybridized carbons (Fsp3) is 0.350. The minimum Gasteiger partial charge on any atom is -0.391 e. The molecule has 3 aromatic heterocycles. The number of aliphatic hydroxyl groups excluding tert-OH is 1. The van der Waals surface area contributed by atoms with Crippen molar-refractivity contribution in [2.24, 2.45) is 0 Å². The number of hydrogen-bond donors (Lipinski definition) is 5. The predicted octanol–water partition coefficient (Wildman–Crippen LogP) is 2.46. The molecule has 0 aliphatic heterocycles. The third-order valence-corrected chi connectivity index (χ3v) is 5.67. The summed E-state index contributed by atoms with van der Waals surface area (Å²) in [5, 5.41) is 13.8.